The van der Waals surface area contributed by atoms with Crippen LogP contribution < -0.4 is 9.21 Å². The summed E-state index contributed by atoms with van der Waals surface area (Å²) in [5, 5.41) is 0. The van der Waals surface area contributed by atoms with Crippen molar-refractivity contribution in [2.24, 2.45) is 0 Å². The lowest BCUT2D eigenvalue weighted by atomic mass is 10.2. The Kier molecular flexibility index (Phi) is 2.94. The minimum absolute atomic E-state index is 0.522. The molecule has 1 aliphatic heterocycles. The van der Waals surface area contributed by atoms with Crippen LogP contribution in [0.15, 0.2) is 24.3 Å². The van der Waals surface area contributed by atoms with E-state index >= 15 is 0 Å². The van der Waals surface area contributed by atoms with E-state index in [2.05, 4.69) is 4.90 Å². The van der Waals surface area contributed by atoms with Gasteiger partial charge in [0.25, 0.3) is 0 Å². The fourth-order valence-electron chi connectivity index (χ4n) is 2.56. The lowest BCUT2D eigenvalue weighted by Gasteiger charge is -2.39. The van der Waals surface area contributed by atoms with Gasteiger partial charge in [0.15, 0.2) is 0 Å². The molecule has 0 atom stereocenters. The van der Waals surface area contributed by atoms with Gasteiger partial charge >= 0.3 is 10.2 Å². The van der Waals surface area contributed by atoms with Crippen LogP contribution in [0.3, 0.4) is 0 Å². The molecule has 0 radical (unpaired) electrons. The molecule has 0 amide bonds. The highest BCUT2D eigenvalue weighted by Gasteiger charge is 2.37. The van der Waals surface area contributed by atoms with Gasteiger partial charge in [-0.15, -0.1) is 0 Å². The summed E-state index contributed by atoms with van der Waals surface area (Å²) in [6.45, 7) is 1.29. The molecule has 6 heteroatoms. The zero-order chi connectivity index (χ0) is 13.6. The van der Waals surface area contributed by atoms with Crippen molar-refractivity contribution in [3.05, 3.63) is 24.3 Å². The normalized spacial score (nSPS) is 19.7. The molecule has 0 aromatic heterocycles. The number of hydrogen-bond acceptors (Lipinski definition) is 3. The second-order valence-corrected chi connectivity index (χ2v) is 7.34. The van der Waals surface area contributed by atoms with E-state index in [9.17, 15) is 8.42 Å². The third kappa shape index (κ3) is 2.08. The van der Waals surface area contributed by atoms with Crippen LogP contribution >= 0.6 is 0 Å². The van der Waals surface area contributed by atoms with Crippen molar-refractivity contribution in [1.82, 2.24) is 4.31 Å². The van der Waals surface area contributed by atoms with Gasteiger partial charge in [-0.1, -0.05) is 12.1 Å². The van der Waals surface area contributed by atoms with Crippen LogP contribution in [0.25, 0.3) is 0 Å². The molecule has 1 aromatic rings. The molecule has 0 bridgehead atoms. The first-order valence-corrected chi connectivity index (χ1v) is 7.97. The average molecular weight is 281 g/mol. The van der Waals surface area contributed by atoms with Crippen molar-refractivity contribution in [1.29, 1.82) is 0 Å². The fourth-order valence-corrected chi connectivity index (χ4v) is 3.67. The van der Waals surface area contributed by atoms with Crippen molar-refractivity contribution in [3.8, 4) is 0 Å². The Labute approximate surface area is 114 Å². The van der Waals surface area contributed by atoms with Crippen molar-refractivity contribution in [2.45, 2.75) is 18.9 Å². The quantitative estimate of drug-likeness (QED) is 0.838. The van der Waals surface area contributed by atoms with Crippen molar-refractivity contribution < 1.29 is 8.42 Å². The SMILES string of the molecule is CN(C)S(=O)(=O)N1CCN(C2CC2)c2ccccc21. The molecule has 0 saturated heterocycles. The van der Waals surface area contributed by atoms with Crippen molar-refractivity contribution in [3.63, 3.8) is 0 Å². The lowest BCUT2D eigenvalue weighted by molar-refractivity contribution is 0.513. The average Bonchev–Trinajstić information content (AvgIpc) is 3.21. The highest BCUT2D eigenvalue weighted by atomic mass is 32.2. The Hall–Kier alpha value is -1.27. The number of para-hydroxylation sites is 2. The highest BCUT2D eigenvalue weighted by molar-refractivity contribution is 7.90. The number of fused-ring (bicyclic) bond motifs is 1. The van der Waals surface area contributed by atoms with Gasteiger partial charge < -0.3 is 4.90 Å². The maximum Gasteiger partial charge on any atom is 0.303 e. The Bertz CT molecular complexity index is 581. The van der Waals surface area contributed by atoms with Gasteiger partial charge in [0, 0.05) is 26.7 Å². The van der Waals surface area contributed by atoms with Gasteiger partial charge in [0.1, 0.15) is 0 Å². The maximum absolute atomic E-state index is 12.4. The van der Waals surface area contributed by atoms with Crippen LogP contribution in [0.2, 0.25) is 0 Å². The molecule has 5 nitrogen and oxygen atoms in total. The number of rotatable bonds is 3. The summed E-state index contributed by atoms with van der Waals surface area (Å²) in [6.07, 6.45) is 2.43. The summed E-state index contributed by atoms with van der Waals surface area (Å²) in [7, 11) is -0.253. The zero-order valence-electron chi connectivity index (χ0n) is 11.3. The Morgan fingerprint density at radius 3 is 2.32 bits per heavy atom. The van der Waals surface area contributed by atoms with E-state index in [0.717, 1.165) is 17.9 Å². The Balaban J connectivity index is 2.04. The molecule has 1 heterocycles. The van der Waals surface area contributed by atoms with Gasteiger partial charge in [0.2, 0.25) is 0 Å². The first kappa shape index (κ1) is 12.7. The summed E-state index contributed by atoms with van der Waals surface area (Å²) < 4.78 is 27.5. The highest BCUT2D eigenvalue weighted by Crippen LogP contribution is 2.40. The Morgan fingerprint density at radius 2 is 1.74 bits per heavy atom. The molecule has 19 heavy (non-hydrogen) atoms. The third-order valence-electron chi connectivity index (χ3n) is 3.73. The van der Waals surface area contributed by atoms with E-state index in [0.29, 0.717) is 12.6 Å². The van der Waals surface area contributed by atoms with E-state index in [4.69, 9.17) is 0 Å². The minimum Gasteiger partial charge on any atom is -0.365 e. The molecule has 1 aliphatic carbocycles. The smallest absolute Gasteiger partial charge is 0.303 e. The molecule has 1 saturated carbocycles. The summed E-state index contributed by atoms with van der Waals surface area (Å²) in [5.74, 6) is 0. The van der Waals surface area contributed by atoms with E-state index in [1.54, 1.807) is 14.1 Å². The summed E-state index contributed by atoms with van der Waals surface area (Å²) >= 11 is 0. The monoisotopic (exact) mass is 281 g/mol. The minimum atomic E-state index is -3.40. The maximum atomic E-state index is 12.4. The van der Waals surface area contributed by atoms with Gasteiger partial charge in [-0.05, 0) is 25.0 Å². The van der Waals surface area contributed by atoms with Crippen molar-refractivity contribution >= 4 is 21.6 Å². The summed E-state index contributed by atoms with van der Waals surface area (Å²) in [6, 6.07) is 8.38. The van der Waals surface area contributed by atoms with Crippen LogP contribution in [0, 0.1) is 0 Å². The first-order valence-electron chi connectivity index (χ1n) is 6.57. The zero-order valence-corrected chi connectivity index (χ0v) is 12.1. The van der Waals surface area contributed by atoms with Gasteiger partial charge in [-0.25, -0.2) is 0 Å². The predicted octanol–water partition coefficient (Wildman–Crippen LogP) is 1.28. The van der Waals surface area contributed by atoms with E-state index in [1.165, 1.54) is 21.5 Å². The molecule has 3 rings (SSSR count). The van der Waals surface area contributed by atoms with Crippen molar-refractivity contribution in [2.75, 3.05) is 36.4 Å². The standard InChI is InChI=1S/C13H19N3O2S/c1-14(2)19(17,18)16-10-9-15(11-7-8-11)12-5-3-4-6-13(12)16/h3-6,11H,7-10H2,1-2H3. The number of hydrogen-bond donors (Lipinski definition) is 0. The molecule has 0 unspecified atom stereocenters. The second-order valence-electron chi connectivity index (χ2n) is 5.28. The van der Waals surface area contributed by atoms with Crippen LogP contribution in [-0.4, -0.2) is 45.9 Å². The topological polar surface area (TPSA) is 43.9 Å². The predicted molar refractivity (Wildman–Crippen MR) is 76.8 cm³/mol. The first-order chi connectivity index (χ1) is 9.01. The van der Waals surface area contributed by atoms with Crippen LogP contribution in [-0.2, 0) is 10.2 Å². The van der Waals surface area contributed by atoms with Gasteiger partial charge in [-0.2, -0.15) is 12.7 Å². The summed E-state index contributed by atoms with van der Waals surface area (Å²) in [4.78, 5) is 2.34. The van der Waals surface area contributed by atoms with Crippen LogP contribution in [0.5, 0.6) is 0 Å². The number of anilines is 2. The van der Waals surface area contributed by atoms with Crippen LogP contribution in [0.4, 0.5) is 11.4 Å². The van der Waals surface area contributed by atoms with E-state index in [-0.39, 0.29) is 0 Å². The van der Waals surface area contributed by atoms with E-state index in [1.807, 2.05) is 24.3 Å². The lowest BCUT2D eigenvalue weighted by Crippen LogP contribution is -2.48. The van der Waals surface area contributed by atoms with Gasteiger partial charge in [-0.3, -0.25) is 4.31 Å². The third-order valence-corrected chi connectivity index (χ3v) is 5.59. The molecular formula is C13H19N3O2S. The molecule has 104 valence electrons. The largest absolute Gasteiger partial charge is 0.365 e. The summed E-state index contributed by atoms with van der Waals surface area (Å²) in [5.41, 5.74) is 1.84. The molecular weight excluding hydrogens is 262 g/mol. The fraction of sp³-hybridized carbons (Fsp3) is 0.538. The van der Waals surface area contributed by atoms with Gasteiger partial charge in [0.05, 0.1) is 17.9 Å². The molecule has 0 N–H and O–H groups in total. The number of nitrogens with zero attached hydrogens (tertiary/aromatic N) is 3. The number of benzene rings is 1. The van der Waals surface area contributed by atoms with Crippen LogP contribution in [0.1, 0.15) is 12.8 Å². The molecule has 0 spiro atoms. The molecule has 1 fully saturated rings. The molecule has 2 aliphatic rings. The Morgan fingerprint density at radius 1 is 1.11 bits per heavy atom. The second kappa shape index (κ2) is 4.38. The van der Waals surface area contributed by atoms with E-state index < -0.39 is 10.2 Å². The molecule has 1 aromatic carbocycles.